The summed E-state index contributed by atoms with van der Waals surface area (Å²) in [6.45, 7) is 9.21. The van der Waals surface area contributed by atoms with Gasteiger partial charge in [0.05, 0.1) is 17.9 Å². The number of nitrogens with one attached hydrogen (secondary N) is 1. The van der Waals surface area contributed by atoms with Crippen LogP contribution in [0.5, 0.6) is 0 Å². The highest BCUT2D eigenvalue weighted by Gasteiger charge is 2.39. The largest absolute Gasteiger partial charge is 0.469 e. The van der Waals surface area contributed by atoms with E-state index in [1.165, 1.54) is 56.1 Å². The number of allylic oxidation sites excluding steroid dienone is 4. The Morgan fingerprint density at radius 1 is 0.980 bits per heavy atom. The molecule has 1 unspecified atom stereocenters. The highest BCUT2D eigenvalue weighted by Crippen LogP contribution is 2.39. The molecule has 3 aromatic rings. The van der Waals surface area contributed by atoms with Crippen molar-refractivity contribution in [1.29, 1.82) is 0 Å². The van der Waals surface area contributed by atoms with E-state index in [0.717, 1.165) is 39.8 Å². The molecule has 3 aliphatic rings. The van der Waals surface area contributed by atoms with Gasteiger partial charge in [-0.2, -0.15) is 0 Å². The van der Waals surface area contributed by atoms with Gasteiger partial charge in [-0.05, 0) is 65.7 Å². The number of hydrogen-bond donors (Lipinski definition) is 1. The van der Waals surface area contributed by atoms with Crippen molar-refractivity contribution in [3.05, 3.63) is 87.9 Å². The van der Waals surface area contributed by atoms with E-state index in [4.69, 9.17) is 14.7 Å². The molecule has 8 nitrogen and oxygen atoms in total. The third-order valence-electron chi connectivity index (χ3n) is 10.7. The van der Waals surface area contributed by atoms with E-state index in [1.807, 2.05) is 48.8 Å². The van der Waals surface area contributed by atoms with Crippen molar-refractivity contribution < 1.29 is 19.1 Å². The number of hydrogen-bond acceptors (Lipinski definition) is 7. The first-order valence-electron chi connectivity index (χ1n) is 18.1. The predicted octanol–water partition coefficient (Wildman–Crippen LogP) is 7.65. The van der Waals surface area contributed by atoms with E-state index < -0.39 is 6.04 Å². The molecule has 1 saturated carbocycles. The molecular weight excluding hydrogens is 645 g/mol. The van der Waals surface area contributed by atoms with Crippen molar-refractivity contribution in [1.82, 2.24) is 20.2 Å². The van der Waals surface area contributed by atoms with Crippen LogP contribution in [0.25, 0.3) is 17.0 Å². The van der Waals surface area contributed by atoms with Crippen LogP contribution < -0.4 is 5.32 Å². The predicted molar refractivity (Wildman–Crippen MR) is 198 cm³/mol. The SMILES string of the molecule is CCC1CCC(C2C=CC(c3cnc(-c4ccc(C[C@H](NC(=O)c5ccc(C(C)(C)C)s5)C(=O)N5CC(C(=O)OC)C5)cc4)nc3)=CC2)CC1. The first-order chi connectivity index (χ1) is 24.0. The number of carbonyl (C=O) groups is 3. The van der Waals surface area contributed by atoms with Gasteiger partial charge >= 0.3 is 5.97 Å². The molecule has 3 heterocycles. The second-order valence-corrected chi connectivity index (χ2v) is 16.3. The number of nitrogens with zero attached hydrogens (tertiary/aromatic N) is 3. The maximum absolute atomic E-state index is 13.6. The maximum atomic E-state index is 13.6. The van der Waals surface area contributed by atoms with Gasteiger partial charge in [-0.25, -0.2) is 9.97 Å². The van der Waals surface area contributed by atoms with Crippen LogP contribution in [0.3, 0.4) is 0 Å². The molecule has 2 atom stereocenters. The van der Waals surface area contributed by atoms with Crippen LogP contribution >= 0.6 is 11.3 Å². The Morgan fingerprint density at radius 2 is 1.68 bits per heavy atom. The van der Waals surface area contributed by atoms with Gasteiger partial charge < -0.3 is 15.0 Å². The standard InChI is InChI=1S/C41H50N4O4S/c1-6-26-7-11-28(12-8-26)29-15-17-30(18-16-29)32-22-42-37(43-23-32)31-13-9-27(10-14-31)21-34(39(47)45-24-33(25-45)40(48)49-5)44-38(46)35-19-20-36(50-35)41(2,3)4/h9-10,13-15,17-20,22-23,26,28-29,33-34H,6-8,11-12,16,21,24-25H2,1-5H3,(H,44,46)/t26?,28?,29?,34-/m0/s1. The minimum absolute atomic E-state index is 0.0779. The van der Waals surface area contributed by atoms with Crippen LogP contribution in [0.4, 0.5) is 0 Å². The minimum atomic E-state index is -0.787. The van der Waals surface area contributed by atoms with E-state index in [1.54, 1.807) is 4.90 Å². The van der Waals surface area contributed by atoms with Crippen molar-refractivity contribution in [2.75, 3.05) is 20.2 Å². The fourth-order valence-corrected chi connectivity index (χ4v) is 8.33. The summed E-state index contributed by atoms with van der Waals surface area (Å²) >= 11 is 1.44. The van der Waals surface area contributed by atoms with Gasteiger partial charge in [-0.15, -0.1) is 11.3 Å². The number of rotatable bonds is 10. The Labute approximate surface area is 300 Å². The Hall–Kier alpha value is -4.11. The quantitative estimate of drug-likeness (QED) is 0.219. The molecule has 0 radical (unpaired) electrons. The Balaban J connectivity index is 1.09. The molecule has 1 saturated heterocycles. The summed E-state index contributed by atoms with van der Waals surface area (Å²) < 4.78 is 4.84. The van der Waals surface area contributed by atoms with Gasteiger partial charge in [-0.1, -0.05) is 89.5 Å². The fourth-order valence-electron chi connectivity index (χ4n) is 7.36. The third kappa shape index (κ3) is 8.26. The lowest BCUT2D eigenvalue weighted by Crippen LogP contribution is -2.59. The van der Waals surface area contributed by atoms with Crippen molar-refractivity contribution in [2.24, 2.45) is 23.7 Å². The molecule has 50 heavy (non-hydrogen) atoms. The van der Waals surface area contributed by atoms with E-state index in [0.29, 0.717) is 23.0 Å². The zero-order valence-electron chi connectivity index (χ0n) is 30.0. The normalized spacial score (nSPS) is 21.6. The fraction of sp³-hybridized carbons (Fsp3) is 0.488. The van der Waals surface area contributed by atoms with E-state index >= 15 is 0 Å². The van der Waals surface area contributed by atoms with E-state index in [-0.39, 0.29) is 42.2 Å². The summed E-state index contributed by atoms with van der Waals surface area (Å²) in [6, 6.07) is 10.8. The zero-order chi connectivity index (χ0) is 35.4. The topological polar surface area (TPSA) is 101 Å². The first kappa shape index (κ1) is 35.7. The molecule has 2 fully saturated rings. The number of ether oxygens (including phenoxy) is 1. The Kier molecular flexibility index (Phi) is 11.0. The summed E-state index contributed by atoms with van der Waals surface area (Å²) in [7, 11) is 1.35. The van der Waals surface area contributed by atoms with Gasteiger partial charge in [0.15, 0.2) is 5.82 Å². The first-order valence-corrected chi connectivity index (χ1v) is 18.9. The molecule has 2 amide bonds. The summed E-state index contributed by atoms with van der Waals surface area (Å²) in [4.78, 5) is 51.6. The average molecular weight is 695 g/mol. The monoisotopic (exact) mass is 694 g/mol. The minimum Gasteiger partial charge on any atom is -0.469 e. The Bertz CT molecular complexity index is 1720. The second kappa shape index (κ2) is 15.4. The van der Waals surface area contributed by atoms with Crippen LogP contribution in [-0.2, 0) is 26.2 Å². The molecule has 9 heteroatoms. The van der Waals surface area contributed by atoms with Crippen LogP contribution in [0.2, 0.25) is 0 Å². The van der Waals surface area contributed by atoms with Gasteiger partial charge in [0.25, 0.3) is 5.91 Å². The second-order valence-electron chi connectivity index (χ2n) is 15.2. The maximum Gasteiger partial charge on any atom is 0.312 e. The number of esters is 1. The van der Waals surface area contributed by atoms with Crippen LogP contribution in [0, 0.1) is 23.7 Å². The number of aromatic nitrogens is 2. The molecule has 6 rings (SSSR count). The summed E-state index contributed by atoms with van der Waals surface area (Å²) in [5.41, 5.74) is 3.89. The van der Waals surface area contributed by atoms with Gasteiger partial charge in [-0.3, -0.25) is 14.4 Å². The molecule has 0 bridgehead atoms. The molecule has 1 N–H and O–H groups in total. The Morgan fingerprint density at radius 3 is 2.26 bits per heavy atom. The highest BCUT2D eigenvalue weighted by atomic mass is 32.1. The van der Waals surface area contributed by atoms with Gasteiger partial charge in [0.1, 0.15) is 6.04 Å². The van der Waals surface area contributed by atoms with Gasteiger partial charge in [0, 0.05) is 47.9 Å². The summed E-state index contributed by atoms with van der Waals surface area (Å²) in [5, 5.41) is 2.99. The molecule has 1 aromatic carbocycles. The van der Waals surface area contributed by atoms with Crippen LogP contribution in [-0.4, -0.2) is 58.9 Å². The molecule has 2 aliphatic carbocycles. The number of thiophene rings is 1. The van der Waals surface area contributed by atoms with Crippen molar-refractivity contribution in [2.45, 2.75) is 84.1 Å². The highest BCUT2D eigenvalue weighted by molar-refractivity contribution is 7.14. The average Bonchev–Trinajstić information content (AvgIpc) is 3.63. The molecule has 264 valence electrons. The molecule has 2 aromatic heterocycles. The number of amides is 2. The number of benzene rings is 1. The molecular formula is C41H50N4O4S. The zero-order valence-corrected chi connectivity index (χ0v) is 30.8. The van der Waals surface area contributed by atoms with E-state index in [2.05, 4.69) is 51.2 Å². The van der Waals surface area contributed by atoms with Crippen LogP contribution in [0.15, 0.2) is 67.0 Å². The number of methoxy groups -OCH3 is 1. The van der Waals surface area contributed by atoms with Crippen molar-refractivity contribution >= 4 is 34.7 Å². The smallest absolute Gasteiger partial charge is 0.312 e. The lowest BCUT2D eigenvalue weighted by molar-refractivity contribution is -0.156. The lowest BCUT2D eigenvalue weighted by atomic mass is 9.73. The van der Waals surface area contributed by atoms with Crippen LogP contribution in [0.1, 0.15) is 91.9 Å². The molecule has 1 aliphatic heterocycles. The summed E-state index contributed by atoms with van der Waals surface area (Å²) in [5.74, 6) is 1.84. The summed E-state index contributed by atoms with van der Waals surface area (Å²) in [6.07, 6.45) is 18.9. The van der Waals surface area contributed by atoms with Gasteiger partial charge in [0.2, 0.25) is 5.91 Å². The number of likely N-dealkylation sites (tertiary alicyclic amines) is 1. The van der Waals surface area contributed by atoms with E-state index in [9.17, 15) is 14.4 Å². The molecule has 0 spiro atoms. The van der Waals surface area contributed by atoms with Crippen molar-refractivity contribution in [3.63, 3.8) is 0 Å². The van der Waals surface area contributed by atoms with Crippen molar-refractivity contribution in [3.8, 4) is 11.4 Å². The number of carbonyl (C=O) groups excluding carboxylic acids is 3. The lowest BCUT2D eigenvalue weighted by Gasteiger charge is -2.39. The third-order valence-corrected chi connectivity index (χ3v) is 12.3.